The predicted octanol–water partition coefficient (Wildman–Crippen LogP) is 0.803. The van der Waals surface area contributed by atoms with Crippen molar-refractivity contribution in [2.75, 3.05) is 19.7 Å². The van der Waals surface area contributed by atoms with Crippen LogP contribution in [0.15, 0.2) is 17.2 Å². The molecule has 0 unspecified atom stereocenters. The fourth-order valence-corrected chi connectivity index (χ4v) is 2.81. The van der Waals surface area contributed by atoms with E-state index < -0.39 is 0 Å². The van der Waals surface area contributed by atoms with Crippen LogP contribution >= 0.6 is 0 Å². The first kappa shape index (κ1) is 13.4. The third-order valence-corrected chi connectivity index (χ3v) is 3.83. The van der Waals surface area contributed by atoms with Crippen LogP contribution in [-0.2, 0) is 6.54 Å². The smallest absolute Gasteiger partial charge is 0.325 e. The molecule has 0 bridgehead atoms. The summed E-state index contributed by atoms with van der Waals surface area (Å²) in [6.45, 7) is 2.43. The maximum absolute atomic E-state index is 11.4. The van der Waals surface area contributed by atoms with E-state index in [0.29, 0.717) is 19.1 Å². The van der Waals surface area contributed by atoms with Crippen LogP contribution in [0.5, 0.6) is 0 Å². The van der Waals surface area contributed by atoms with E-state index in [9.17, 15) is 4.79 Å². The fourth-order valence-electron chi connectivity index (χ4n) is 2.81. The molecule has 1 heterocycles. The summed E-state index contributed by atoms with van der Waals surface area (Å²) in [4.78, 5) is 16.4. The minimum absolute atomic E-state index is 0.0532. The van der Waals surface area contributed by atoms with E-state index in [0.717, 1.165) is 6.54 Å². The van der Waals surface area contributed by atoms with Gasteiger partial charge in [0, 0.05) is 38.1 Å². The molecule has 5 heteroatoms. The Morgan fingerprint density at radius 2 is 2.11 bits per heavy atom. The van der Waals surface area contributed by atoms with Crippen molar-refractivity contribution in [1.82, 2.24) is 14.5 Å². The summed E-state index contributed by atoms with van der Waals surface area (Å²) in [5.41, 5.74) is -0.0532. The van der Waals surface area contributed by atoms with Gasteiger partial charge in [0.15, 0.2) is 0 Å². The van der Waals surface area contributed by atoms with Gasteiger partial charge < -0.3 is 10.1 Å². The van der Waals surface area contributed by atoms with E-state index in [4.69, 9.17) is 5.11 Å². The molecule has 0 amide bonds. The van der Waals surface area contributed by atoms with Crippen LogP contribution in [-0.4, -0.2) is 45.3 Å². The summed E-state index contributed by atoms with van der Waals surface area (Å²) >= 11 is 0. The van der Waals surface area contributed by atoms with Gasteiger partial charge in [-0.2, -0.15) is 0 Å². The van der Waals surface area contributed by atoms with Gasteiger partial charge in [0.05, 0.1) is 6.61 Å². The summed E-state index contributed by atoms with van der Waals surface area (Å²) in [6, 6.07) is 0.584. The van der Waals surface area contributed by atoms with Crippen molar-refractivity contribution in [3.63, 3.8) is 0 Å². The second-order valence-corrected chi connectivity index (χ2v) is 5.01. The van der Waals surface area contributed by atoms with Gasteiger partial charge in [-0.3, -0.25) is 9.47 Å². The number of H-pyrrole nitrogens is 1. The van der Waals surface area contributed by atoms with Gasteiger partial charge in [-0.05, 0) is 12.8 Å². The van der Waals surface area contributed by atoms with Crippen LogP contribution in [0.25, 0.3) is 0 Å². The zero-order valence-electron chi connectivity index (χ0n) is 10.8. The fraction of sp³-hybridized carbons (Fsp3) is 0.769. The van der Waals surface area contributed by atoms with Crippen LogP contribution in [0.1, 0.15) is 32.1 Å². The Balaban J connectivity index is 1.89. The summed E-state index contributed by atoms with van der Waals surface area (Å²) in [5.74, 6) is 0. The molecule has 1 aromatic heterocycles. The molecule has 0 spiro atoms. The van der Waals surface area contributed by atoms with Gasteiger partial charge in [0.25, 0.3) is 0 Å². The van der Waals surface area contributed by atoms with Gasteiger partial charge in [-0.15, -0.1) is 0 Å². The zero-order chi connectivity index (χ0) is 12.8. The number of aromatic amines is 1. The first-order valence-corrected chi connectivity index (χ1v) is 6.90. The lowest BCUT2D eigenvalue weighted by molar-refractivity contribution is 0.119. The van der Waals surface area contributed by atoms with Gasteiger partial charge >= 0.3 is 5.69 Å². The Labute approximate surface area is 107 Å². The maximum Gasteiger partial charge on any atom is 0.325 e. The molecule has 2 rings (SSSR count). The number of imidazole rings is 1. The molecule has 0 aliphatic heterocycles. The molecule has 1 aliphatic rings. The van der Waals surface area contributed by atoms with Crippen molar-refractivity contribution < 1.29 is 5.11 Å². The number of aliphatic hydroxyl groups excluding tert-OH is 1. The van der Waals surface area contributed by atoms with Crippen LogP contribution in [0.2, 0.25) is 0 Å². The Kier molecular flexibility index (Phi) is 5.01. The Morgan fingerprint density at radius 1 is 1.33 bits per heavy atom. The molecule has 0 aromatic carbocycles. The average Bonchev–Trinajstić information content (AvgIpc) is 2.81. The van der Waals surface area contributed by atoms with Crippen molar-refractivity contribution in [2.45, 2.75) is 44.7 Å². The summed E-state index contributed by atoms with van der Waals surface area (Å²) < 4.78 is 1.69. The number of aliphatic hydroxyl groups is 1. The molecule has 0 radical (unpaired) electrons. The molecule has 2 N–H and O–H groups in total. The highest BCUT2D eigenvalue weighted by Crippen LogP contribution is 2.22. The molecule has 1 aliphatic carbocycles. The van der Waals surface area contributed by atoms with Crippen molar-refractivity contribution in [3.05, 3.63) is 22.9 Å². The molecular weight excluding hydrogens is 230 g/mol. The monoisotopic (exact) mass is 253 g/mol. The van der Waals surface area contributed by atoms with Crippen LogP contribution < -0.4 is 5.69 Å². The summed E-state index contributed by atoms with van der Waals surface area (Å²) in [6.07, 6.45) is 9.80. The van der Waals surface area contributed by atoms with Crippen LogP contribution in [0, 0.1) is 0 Å². The number of nitrogens with zero attached hydrogens (tertiary/aromatic N) is 2. The highest BCUT2D eigenvalue weighted by molar-refractivity contribution is 4.79. The molecule has 0 saturated heterocycles. The molecule has 0 atom stereocenters. The first-order chi connectivity index (χ1) is 8.81. The van der Waals surface area contributed by atoms with E-state index in [1.165, 1.54) is 32.1 Å². The highest BCUT2D eigenvalue weighted by atomic mass is 16.3. The van der Waals surface area contributed by atoms with E-state index in [2.05, 4.69) is 9.88 Å². The SMILES string of the molecule is O=c1[nH]ccn1CCN(CCO)C1CCCCC1. The Hall–Kier alpha value is -1.07. The molecular formula is C13H23N3O2. The molecule has 1 fully saturated rings. The summed E-state index contributed by atoms with van der Waals surface area (Å²) in [5, 5.41) is 9.16. The lowest BCUT2D eigenvalue weighted by Gasteiger charge is -2.33. The highest BCUT2D eigenvalue weighted by Gasteiger charge is 2.20. The minimum atomic E-state index is -0.0532. The zero-order valence-corrected chi connectivity index (χ0v) is 10.8. The third-order valence-electron chi connectivity index (χ3n) is 3.83. The van der Waals surface area contributed by atoms with E-state index >= 15 is 0 Å². The van der Waals surface area contributed by atoms with E-state index in [1.54, 1.807) is 17.0 Å². The molecule has 18 heavy (non-hydrogen) atoms. The average molecular weight is 253 g/mol. The molecule has 1 aromatic rings. The quantitative estimate of drug-likeness (QED) is 0.788. The van der Waals surface area contributed by atoms with Gasteiger partial charge in [0.2, 0.25) is 0 Å². The Bertz CT molecular complexity index is 393. The Morgan fingerprint density at radius 3 is 2.72 bits per heavy atom. The number of aromatic nitrogens is 2. The standard InChI is InChI=1S/C13H23N3O2/c17-11-10-15(12-4-2-1-3-5-12)8-9-16-7-6-14-13(16)18/h6-7,12,17H,1-5,8-11H2,(H,14,18). The molecule has 1 saturated carbocycles. The number of hydrogen-bond acceptors (Lipinski definition) is 3. The van der Waals surface area contributed by atoms with E-state index in [-0.39, 0.29) is 12.3 Å². The largest absolute Gasteiger partial charge is 0.395 e. The lowest BCUT2D eigenvalue weighted by Crippen LogP contribution is -2.41. The van der Waals surface area contributed by atoms with Gasteiger partial charge in [-0.25, -0.2) is 4.79 Å². The van der Waals surface area contributed by atoms with Gasteiger partial charge in [-0.1, -0.05) is 19.3 Å². The van der Waals surface area contributed by atoms with Crippen molar-refractivity contribution in [3.8, 4) is 0 Å². The minimum Gasteiger partial charge on any atom is -0.395 e. The van der Waals surface area contributed by atoms with Crippen molar-refractivity contribution >= 4 is 0 Å². The third kappa shape index (κ3) is 3.46. The van der Waals surface area contributed by atoms with Gasteiger partial charge in [0.1, 0.15) is 0 Å². The van der Waals surface area contributed by atoms with Crippen LogP contribution in [0.4, 0.5) is 0 Å². The van der Waals surface area contributed by atoms with Crippen molar-refractivity contribution in [1.29, 1.82) is 0 Å². The van der Waals surface area contributed by atoms with E-state index in [1.807, 2.05) is 0 Å². The number of nitrogens with one attached hydrogen (secondary N) is 1. The number of rotatable bonds is 6. The summed E-state index contributed by atoms with van der Waals surface area (Å²) in [7, 11) is 0. The second-order valence-electron chi connectivity index (χ2n) is 5.01. The van der Waals surface area contributed by atoms with Crippen molar-refractivity contribution in [2.24, 2.45) is 0 Å². The molecule has 102 valence electrons. The lowest BCUT2D eigenvalue weighted by atomic mass is 9.94. The first-order valence-electron chi connectivity index (χ1n) is 6.90. The number of hydrogen-bond donors (Lipinski definition) is 2. The topological polar surface area (TPSA) is 61.3 Å². The predicted molar refractivity (Wildman–Crippen MR) is 70.6 cm³/mol. The normalized spacial score (nSPS) is 17.4. The second kappa shape index (κ2) is 6.75. The molecule has 5 nitrogen and oxygen atoms in total. The maximum atomic E-state index is 11.4. The van der Waals surface area contributed by atoms with Crippen LogP contribution in [0.3, 0.4) is 0 Å².